The predicted octanol–water partition coefficient (Wildman–Crippen LogP) is 4.23. The summed E-state index contributed by atoms with van der Waals surface area (Å²) in [5, 5.41) is 10.4. The van der Waals surface area contributed by atoms with Crippen LogP contribution in [0.15, 0.2) is 22.7 Å². The fourth-order valence-electron chi connectivity index (χ4n) is 2.04. The van der Waals surface area contributed by atoms with Gasteiger partial charge in [-0.1, -0.05) is 27.5 Å². The van der Waals surface area contributed by atoms with Gasteiger partial charge in [-0.05, 0) is 31.0 Å². The van der Waals surface area contributed by atoms with Crippen molar-refractivity contribution in [1.82, 2.24) is 4.98 Å². The molecule has 1 heterocycles. The van der Waals surface area contributed by atoms with Gasteiger partial charge in [0.25, 0.3) is 0 Å². The van der Waals surface area contributed by atoms with Crippen LogP contribution in [0.2, 0.25) is 5.02 Å². The number of fused-ring (bicyclic) bond motifs is 1. The van der Waals surface area contributed by atoms with Gasteiger partial charge in [-0.2, -0.15) is 0 Å². The van der Waals surface area contributed by atoms with E-state index in [9.17, 15) is 9.90 Å². The maximum atomic E-state index is 11.3. The summed E-state index contributed by atoms with van der Waals surface area (Å²) in [7, 11) is 0. The van der Waals surface area contributed by atoms with Gasteiger partial charge in [0.2, 0.25) is 0 Å². The number of carboxylic acid groups (broad SMARTS) is 1. The lowest BCUT2D eigenvalue weighted by atomic mass is 10.1. The predicted molar refractivity (Wildman–Crippen MR) is 73.4 cm³/mol. The molecule has 0 bridgehead atoms. The molecule has 0 radical (unpaired) electrons. The monoisotopic (exact) mass is 325 g/mol. The Morgan fingerprint density at radius 1 is 1.39 bits per heavy atom. The average molecular weight is 327 g/mol. The average Bonchev–Trinajstić information content (AvgIpc) is 3.11. The van der Waals surface area contributed by atoms with Crippen molar-refractivity contribution in [2.75, 3.05) is 0 Å². The molecule has 1 N–H and O–H groups in total. The summed E-state index contributed by atoms with van der Waals surface area (Å²) in [6.45, 7) is 0. The van der Waals surface area contributed by atoms with Crippen LogP contribution in [0.25, 0.3) is 10.9 Å². The van der Waals surface area contributed by atoms with Gasteiger partial charge < -0.3 is 5.11 Å². The molecular formula is C13H9BrClNO2. The number of hydrogen-bond acceptors (Lipinski definition) is 2. The Kier molecular flexibility index (Phi) is 2.79. The van der Waals surface area contributed by atoms with E-state index in [2.05, 4.69) is 20.9 Å². The number of carbonyl (C=O) groups is 1. The summed E-state index contributed by atoms with van der Waals surface area (Å²) >= 11 is 9.47. The fourth-order valence-corrected chi connectivity index (χ4v) is 2.89. The van der Waals surface area contributed by atoms with E-state index in [0.717, 1.165) is 23.0 Å². The van der Waals surface area contributed by atoms with Crippen LogP contribution in [0, 0.1) is 0 Å². The highest BCUT2D eigenvalue weighted by Gasteiger charge is 2.27. The molecule has 1 aromatic carbocycles. The number of halogens is 2. The zero-order chi connectivity index (χ0) is 12.9. The van der Waals surface area contributed by atoms with Gasteiger partial charge in [-0.3, -0.25) is 4.98 Å². The smallest absolute Gasteiger partial charge is 0.336 e. The number of pyridine rings is 1. The van der Waals surface area contributed by atoms with Crippen LogP contribution in [0.4, 0.5) is 0 Å². The number of aromatic nitrogens is 1. The van der Waals surface area contributed by atoms with Crippen molar-refractivity contribution in [3.05, 3.63) is 39.0 Å². The lowest BCUT2D eigenvalue weighted by molar-refractivity contribution is 0.0699. The maximum Gasteiger partial charge on any atom is 0.336 e. The van der Waals surface area contributed by atoms with Gasteiger partial charge in [0.15, 0.2) is 0 Å². The second-order valence-corrected chi connectivity index (χ2v) is 5.78. The van der Waals surface area contributed by atoms with Gasteiger partial charge in [0.1, 0.15) is 0 Å². The third kappa shape index (κ3) is 1.99. The largest absolute Gasteiger partial charge is 0.478 e. The molecule has 0 amide bonds. The van der Waals surface area contributed by atoms with Crippen LogP contribution >= 0.6 is 27.5 Å². The first-order valence-corrected chi connectivity index (χ1v) is 6.76. The van der Waals surface area contributed by atoms with Crippen molar-refractivity contribution < 1.29 is 9.90 Å². The summed E-state index contributed by atoms with van der Waals surface area (Å²) in [6, 6.07) is 5.15. The second-order valence-electron chi connectivity index (χ2n) is 4.46. The van der Waals surface area contributed by atoms with Crippen molar-refractivity contribution in [3.63, 3.8) is 0 Å². The standard InChI is InChI=1S/C13H9BrClNO2/c14-7-3-8-9(13(17)18)5-11(6-1-2-6)16-12(8)10(15)4-7/h3-6H,1-2H2,(H,17,18). The summed E-state index contributed by atoms with van der Waals surface area (Å²) in [5.41, 5.74) is 1.68. The van der Waals surface area contributed by atoms with Crippen molar-refractivity contribution in [3.8, 4) is 0 Å². The topological polar surface area (TPSA) is 50.2 Å². The molecule has 0 saturated heterocycles. The second kappa shape index (κ2) is 4.21. The zero-order valence-electron chi connectivity index (χ0n) is 9.28. The van der Waals surface area contributed by atoms with E-state index in [1.54, 1.807) is 18.2 Å². The Morgan fingerprint density at radius 2 is 2.11 bits per heavy atom. The number of hydrogen-bond donors (Lipinski definition) is 1. The molecule has 1 aromatic heterocycles. The first-order chi connectivity index (χ1) is 8.56. The van der Waals surface area contributed by atoms with Crippen LogP contribution in [-0.2, 0) is 0 Å². The number of carboxylic acids is 1. The van der Waals surface area contributed by atoms with Crippen molar-refractivity contribution in [2.45, 2.75) is 18.8 Å². The summed E-state index contributed by atoms with van der Waals surface area (Å²) in [6.07, 6.45) is 2.15. The minimum atomic E-state index is -0.946. The molecule has 2 aromatic rings. The Bertz CT molecular complexity index is 668. The van der Waals surface area contributed by atoms with E-state index < -0.39 is 5.97 Å². The normalized spacial score (nSPS) is 15.0. The third-order valence-corrected chi connectivity index (χ3v) is 3.82. The Labute approximate surface area is 117 Å². The molecule has 0 unspecified atom stereocenters. The molecule has 1 fully saturated rings. The zero-order valence-corrected chi connectivity index (χ0v) is 11.6. The van der Waals surface area contributed by atoms with Gasteiger partial charge in [0, 0.05) is 21.5 Å². The molecular weight excluding hydrogens is 318 g/mol. The molecule has 3 rings (SSSR count). The van der Waals surface area contributed by atoms with Crippen LogP contribution < -0.4 is 0 Å². The van der Waals surface area contributed by atoms with Crippen molar-refractivity contribution in [1.29, 1.82) is 0 Å². The van der Waals surface area contributed by atoms with E-state index in [-0.39, 0.29) is 5.56 Å². The van der Waals surface area contributed by atoms with Gasteiger partial charge >= 0.3 is 5.97 Å². The first-order valence-electron chi connectivity index (χ1n) is 5.59. The highest BCUT2D eigenvalue weighted by atomic mass is 79.9. The van der Waals surface area contributed by atoms with Crippen LogP contribution in [0.3, 0.4) is 0 Å². The number of aromatic carboxylic acids is 1. The van der Waals surface area contributed by atoms with E-state index >= 15 is 0 Å². The first kappa shape index (κ1) is 11.9. The van der Waals surface area contributed by atoms with E-state index in [4.69, 9.17) is 11.6 Å². The lowest BCUT2D eigenvalue weighted by Gasteiger charge is -2.08. The lowest BCUT2D eigenvalue weighted by Crippen LogP contribution is -2.01. The third-order valence-electron chi connectivity index (χ3n) is 3.08. The molecule has 1 saturated carbocycles. The Balaban J connectivity index is 2.37. The summed E-state index contributed by atoms with van der Waals surface area (Å²) in [4.78, 5) is 15.9. The highest BCUT2D eigenvalue weighted by molar-refractivity contribution is 9.10. The minimum Gasteiger partial charge on any atom is -0.478 e. The van der Waals surface area contributed by atoms with Crippen LogP contribution in [-0.4, -0.2) is 16.1 Å². The minimum absolute atomic E-state index is 0.269. The van der Waals surface area contributed by atoms with Crippen molar-refractivity contribution >= 4 is 44.4 Å². The number of nitrogens with zero attached hydrogens (tertiary/aromatic N) is 1. The number of benzene rings is 1. The van der Waals surface area contributed by atoms with E-state index in [1.807, 2.05) is 0 Å². The SMILES string of the molecule is O=C(O)c1cc(C2CC2)nc2c(Cl)cc(Br)cc12. The molecule has 0 aliphatic heterocycles. The summed E-state index contributed by atoms with van der Waals surface area (Å²) in [5.74, 6) is -0.550. The Morgan fingerprint density at radius 3 is 2.72 bits per heavy atom. The van der Waals surface area contributed by atoms with Crippen LogP contribution in [0.5, 0.6) is 0 Å². The molecule has 18 heavy (non-hydrogen) atoms. The maximum absolute atomic E-state index is 11.3. The van der Waals surface area contributed by atoms with E-state index in [1.165, 1.54) is 0 Å². The molecule has 92 valence electrons. The highest BCUT2D eigenvalue weighted by Crippen LogP contribution is 2.41. The van der Waals surface area contributed by atoms with Crippen LogP contribution in [0.1, 0.15) is 34.8 Å². The molecule has 1 aliphatic rings. The Hall–Kier alpha value is -1.13. The molecule has 0 spiro atoms. The van der Waals surface area contributed by atoms with Crippen molar-refractivity contribution in [2.24, 2.45) is 0 Å². The molecule has 5 heteroatoms. The number of rotatable bonds is 2. The van der Waals surface area contributed by atoms with Gasteiger partial charge in [0.05, 0.1) is 16.1 Å². The quantitative estimate of drug-likeness (QED) is 0.898. The van der Waals surface area contributed by atoms with Gasteiger partial charge in [-0.25, -0.2) is 4.79 Å². The van der Waals surface area contributed by atoms with Gasteiger partial charge in [-0.15, -0.1) is 0 Å². The van der Waals surface area contributed by atoms with E-state index in [0.29, 0.717) is 21.8 Å². The molecule has 1 aliphatic carbocycles. The summed E-state index contributed by atoms with van der Waals surface area (Å²) < 4.78 is 0.753. The molecule has 0 atom stereocenters. The molecule has 3 nitrogen and oxygen atoms in total. The fraction of sp³-hybridized carbons (Fsp3) is 0.231.